The van der Waals surface area contributed by atoms with Gasteiger partial charge < -0.3 is 12.9 Å². The van der Waals surface area contributed by atoms with E-state index in [2.05, 4.69) is 20.6 Å². The number of carbonyl (C=O) groups excluding carboxylic acids is 1. The second-order valence-electron chi connectivity index (χ2n) is 8.13. The molecule has 0 bridgehead atoms. The van der Waals surface area contributed by atoms with E-state index >= 15 is 0 Å². The van der Waals surface area contributed by atoms with Crippen LogP contribution in [0.15, 0.2) is 48.5 Å². The number of carbonyl (C=O) groups is 2. The number of H-pyrrole nitrogens is 1. The standard InChI is InChI=1S/C24H29N5O3.Ca.2H/c1-4-5-10-21(30)29(22(16(2)3)24(31)32)15-17-11-13-18(14-12-17)19-8-6-7-9-20(19)23-25-27-28-26-23;;;/h6-9,11-14,16,22H,4-5,10,15H2,1-3H3,(H,31,32)(H,25,26,27,28);;;/q;+2;2*-1. The fourth-order valence-electron chi connectivity index (χ4n) is 3.78. The van der Waals surface area contributed by atoms with Crippen LogP contribution in [-0.2, 0) is 16.1 Å². The van der Waals surface area contributed by atoms with Crippen LogP contribution in [0.25, 0.3) is 22.5 Å². The molecule has 3 aromatic rings. The molecule has 0 saturated heterocycles. The number of nitrogens with zero attached hydrogens (tertiary/aromatic N) is 4. The predicted molar refractivity (Wildman–Crippen MR) is 129 cm³/mol. The van der Waals surface area contributed by atoms with E-state index in [1.165, 1.54) is 4.90 Å². The quantitative estimate of drug-likeness (QED) is 0.427. The summed E-state index contributed by atoms with van der Waals surface area (Å²) >= 11 is 0. The Labute approximate surface area is 226 Å². The molecule has 33 heavy (non-hydrogen) atoms. The van der Waals surface area contributed by atoms with E-state index in [9.17, 15) is 14.7 Å². The topological polar surface area (TPSA) is 112 Å². The molecular weight excluding hydrogens is 446 g/mol. The third-order valence-electron chi connectivity index (χ3n) is 5.42. The van der Waals surface area contributed by atoms with Gasteiger partial charge in [0.25, 0.3) is 0 Å². The van der Waals surface area contributed by atoms with Crippen molar-refractivity contribution >= 4 is 49.6 Å². The van der Waals surface area contributed by atoms with Gasteiger partial charge >= 0.3 is 43.7 Å². The van der Waals surface area contributed by atoms with E-state index in [0.29, 0.717) is 12.2 Å². The Morgan fingerprint density at radius 3 is 2.30 bits per heavy atom. The van der Waals surface area contributed by atoms with E-state index in [1.54, 1.807) is 0 Å². The fraction of sp³-hybridized carbons (Fsp3) is 0.375. The van der Waals surface area contributed by atoms with E-state index in [4.69, 9.17) is 0 Å². The van der Waals surface area contributed by atoms with E-state index < -0.39 is 12.0 Å². The van der Waals surface area contributed by atoms with Crippen molar-refractivity contribution in [3.05, 3.63) is 54.1 Å². The van der Waals surface area contributed by atoms with Gasteiger partial charge in [0.1, 0.15) is 6.04 Å². The third kappa shape index (κ3) is 6.85. The molecule has 0 radical (unpaired) electrons. The zero-order chi connectivity index (χ0) is 23.1. The Kier molecular flexibility index (Phi) is 10.5. The second-order valence-corrected chi connectivity index (χ2v) is 8.13. The van der Waals surface area contributed by atoms with Crippen LogP contribution in [0.1, 0.15) is 48.5 Å². The number of amides is 1. The summed E-state index contributed by atoms with van der Waals surface area (Å²) in [7, 11) is 0. The van der Waals surface area contributed by atoms with E-state index in [-0.39, 0.29) is 59.0 Å². The van der Waals surface area contributed by atoms with Gasteiger partial charge in [-0.1, -0.05) is 75.7 Å². The van der Waals surface area contributed by atoms with Gasteiger partial charge in [-0.15, -0.1) is 10.2 Å². The predicted octanol–water partition coefficient (Wildman–Crippen LogP) is 4.01. The van der Waals surface area contributed by atoms with Gasteiger partial charge in [-0.05, 0) is 34.2 Å². The summed E-state index contributed by atoms with van der Waals surface area (Å²) in [4.78, 5) is 26.3. The molecule has 0 spiro atoms. The Morgan fingerprint density at radius 2 is 1.76 bits per heavy atom. The van der Waals surface area contributed by atoms with Crippen LogP contribution in [0.4, 0.5) is 0 Å². The number of benzene rings is 2. The van der Waals surface area contributed by atoms with Gasteiger partial charge in [-0.2, -0.15) is 5.21 Å². The monoisotopic (exact) mass is 477 g/mol. The maximum atomic E-state index is 12.9. The van der Waals surface area contributed by atoms with Crippen molar-refractivity contribution in [3.63, 3.8) is 0 Å². The van der Waals surface area contributed by atoms with Crippen molar-refractivity contribution in [2.75, 3.05) is 0 Å². The number of aromatic amines is 1. The maximum absolute atomic E-state index is 12.9. The van der Waals surface area contributed by atoms with Crippen LogP contribution in [0.2, 0.25) is 0 Å². The molecule has 0 fully saturated rings. The molecule has 0 aliphatic heterocycles. The number of carboxylic acid groups (broad SMARTS) is 1. The SMILES string of the molecule is CCCCC(=O)N(Cc1ccc(-c2ccccc2-c2nn[nH]n2)cc1)C(C(=O)O)C(C)C.[Ca+2].[H-].[H-]. The van der Waals surface area contributed by atoms with Gasteiger partial charge in [0, 0.05) is 18.5 Å². The molecule has 9 heteroatoms. The Balaban J connectivity index is 0.00000385. The average Bonchev–Trinajstić information content (AvgIpc) is 3.32. The normalized spacial score (nSPS) is 11.6. The Bertz CT molecular complexity index is 1050. The first-order chi connectivity index (χ1) is 15.4. The minimum Gasteiger partial charge on any atom is -1.00 e. The average molecular weight is 478 g/mol. The van der Waals surface area contributed by atoms with Gasteiger partial charge in [-0.3, -0.25) is 4.79 Å². The third-order valence-corrected chi connectivity index (χ3v) is 5.42. The molecule has 2 N–H and O–H groups in total. The van der Waals surface area contributed by atoms with Crippen LogP contribution >= 0.6 is 0 Å². The van der Waals surface area contributed by atoms with Crippen molar-refractivity contribution in [1.82, 2.24) is 25.5 Å². The zero-order valence-electron chi connectivity index (χ0n) is 21.4. The number of aliphatic carboxylic acids is 1. The summed E-state index contributed by atoms with van der Waals surface area (Å²) < 4.78 is 0. The van der Waals surface area contributed by atoms with Crippen molar-refractivity contribution in [1.29, 1.82) is 0 Å². The molecule has 8 nitrogen and oxygen atoms in total. The summed E-state index contributed by atoms with van der Waals surface area (Å²) in [5.41, 5.74) is 3.66. The Hall–Kier alpha value is -2.29. The second kappa shape index (κ2) is 12.8. The van der Waals surface area contributed by atoms with Crippen molar-refractivity contribution in [2.24, 2.45) is 5.92 Å². The zero-order valence-corrected chi connectivity index (χ0v) is 21.6. The van der Waals surface area contributed by atoms with Crippen molar-refractivity contribution < 1.29 is 17.5 Å². The number of hydrogen-bond donors (Lipinski definition) is 2. The molecule has 0 saturated carbocycles. The van der Waals surface area contributed by atoms with Crippen LogP contribution in [0, 0.1) is 5.92 Å². The van der Waals surface area contributed by atoms with Crippen LogP contribution in [0.3, 0.4) is 0 Å². The number of tetrazole rings is 1. The fourth-order valence-corrected chi connectivity index (χ4v) is 3.78. The summed E-state index contributed by atoms with van der Waals surface area (Å²) in [5.74, 6) is -0.784. The molecule has 1 amide bonds. The first-order valence-corrected chi connectivity index (χ1v) is 10.9. The number of hydrogen-bond acceptors (Lipinski definition) is 5. The molecule has 1 atom stereocenters. The molecule has 0 aliphatic rings. The summed E-state index contributed by atoms with van der Waals surface area (Å²) in [6.45, 7) is 5.93. The first-order valence-electron chi connectivity index (χ1n) is 10.9. The molecular formula is C24H31CaN5O3. The number of unbranched alkanes of at least 4 members (excludes halogenated alkanes) is 1. The van der Waals surface area contributed by atoms with Crippen molar-refractivity contribution in [2.45, 2.75) is 52.6 Å². The van der Waals surface area contributed by atoms with Crippen LogP contribution in [0.5, 0.6) is 0 Å². The smallest absolute Gasteiger partial charge is 1.00 e. The largest absolute Gasteiger partial charge is 2.00 e. The summed E-state index contributed by atoms with van der Waals surface area (Å²) in [6.07, 6.45) is 1.97. The number of rotatable bonds is 10. The van der Waals surface area contributed by atoms with Crippen LogP contribution in [-0.4, -0.2) is 86.3 Å². The minimum atomic E-state index is -0.976. The van der Waals surface area contributed by atoms with Gasteiger partial charge in [0.15, 0.2) is 0 Å². The van der Waals surface area contributed by atoms with E-state index in [1.807, 2.05) is 69.3 Å². The number of nitrogens with one attached hydrogen (secondary N) is 1. The maximum Gasteiger partial charge on any atom is 2.00 e. The molecule has 172 valence electrons. The number of aromatic nitrogens is 4. The molecule has 1 unspecified atom stereocenters. The molecule has 3 rings (SSSR count). The summed E-state index contributed by atoms with van der Waals surface area (Å²) in [6, 6.07) is 14.7. The van der Waals surface area contributed by atoms with Crippen LogP contribution < -0.4 is 0 Å². The molecule has 0 aliphatic carbocycles. The molecule has 2 aromatic carbocycles. The van der Waals surface area contributed by atoms with Crippen molar-refractivity contribution in [3.8, 4) is 22.5 Å². The van der Waals surface area contributed by atoms with Gasteiger partial charge in [0.2, 0.25) is 11.7 Å². The van der Waals surface area contributed by atoms with Gasteiger partial charge in [-0.25, -0.2) is 4.79 Å². The first kappa shape index (κ1) is 27.0. The molecule has 1 aromatic heterocycles. The minimum absolute atomic E-state index is 0. The van der Waals surface area contributed by atoms with Gasteiger partial charge in [0.05, 0.1) is 0 Å². The Morgan fingerprint density at radius 1 is 1.09 bits per heavy atom. The van der Waals surface area contributed by atoms with E-state index in [0.717, 1.165) is 35.1 Å². The molecule has 1 heterocycles. The summed E-state index contributed by atoms with van der Waals surface area (Å²) in [5, 5.41) is 24.0. The number of carboxylic acids is 1.